The molecule has 1 N–H and O–H groups in total. The lowest BCUT2D eigenvalue weighted by molar-refractivity contribution is -0.113. The average Bonchev–Trinajstić information content (AvgIpc) is 2.47. The van der Waals surface area contributed by atoms with Gasteiger partial charge < -0.3 is 10.1 Å². The first kappa shape index (κ1) is 15.7. The van der Waals surface area contributed by atoms with Crippen molar-refractivity contribution in [2.45, 2.75) is 11.8 Å². The molecule has 1 amide bonds. The van der Waals surface area contributed by atoms with Crippen LogP contribution in [-0.2, 0) is 4.79 Å². The van der Waals surface area contributed by atoms with E-state index < -0.39 is 0 Å². The Kier molecular flexibility index (Phi) is 5.53. The van der Waals surface area contributed by atoms with Crippen molar-refractivity contribution < 1.29 is 9.53 Å². The number of anilines is 1. The zero-order chi connectivity index (χ0) is 15.2. The Hall–Kier alpha value is -1.65. The molecule has 2 aromatic rings. The Labute approximate surface area is 133 Å². The van der Waals surface area contributed by atoms with Crippen LogP contribution in [-0.4, -0.2) is 18.8 Å². The SMILES string of the molecule is COc1ccc(C)cc1NC(=O)CSc1ccccc1Cl. The Balaban J connectivity index is 1.99. The number of halogens is 1. The molecule has 5 heteroatoms. The van der Waals surface area contributed by atoms with Crippen molar-refractivity contribution in [1.82, 2.24) is 0 Å². The highest BCUT2D eigenvalue weighted by atomic mass is 35.5. The van der Waals surface area contributed by atoms with Crippen molar-refractivity contribution in [3.8, 4) is 5.75 Å². The maximum absolute atomic E-state index is 12.0. The van der Waals surface area contributed by atoms with Gasteiger partial charge in [0.25, 0.3) is 0 Å². The Bertz CT molecular complexity index is 646. The van der Waals surface area contributed by atoms with Gasteiger partial charge in [0.15, 0.2) is 0 Å². The third-order valence-corrected chi connectivity index (χ3v) is 4.34. The first-order valence-electron chi connectivity index (χ1n) is 6.42. The number of carbonyl (C=O) groups is 1. The molecule has 0 unspecified atom stereocenters. The maximum Gasteiger partial charge on any atom is 0.234 e. The van der Waals surface area contributed by atoms with E-state index in [4.69, 9.17) is 16.3 Å². The summed E-state index contributed by atoms with van der Waals surface area (Å²) >= 11 is 7.47. The normalized spacial score (nSPS) is 10.2. The van der Waals surface area contributed by atoms with E-state index in [2.05, 4.69) is 5.32 Å². The number of carbonyl (C=O) groups excluding carboxylic acids is 1. The van der Waals surface area contributed by atoms with Crippen LogP contribution in [0.2, 0.25) is 5.02 Å². The van der Waals surface area contributed by atoms with Gasteiger partial charge >= 0.3 is 0 Å². The first-order valence-corrected chi connectivity index (χ1v) is 7.78. The lowest BCUT2D eigenvalue weighted by Crippen LogP contribution is -2.14. The summed E-state index contributed by atoms with van der Waals surface area (Å²) in [7, 11) is 1.58. The van der Waals surface area contributed by atoms with Crippen molar-refractivity contribution in [2.75, 3.05) is 18.2 Å². The zero-order valence-corrected chi connectivity index (χ0v) is 13.4. The number of rotatable bonds is 5. The van der Waals surface area contributed by atoms with Crippen LogP contribution in [0.3, 0.4) is 0 Å². The topological polar surface area (TPSA) is 38.3 Å². The number of thioether (sulfide) groups is 1. The molecule has 0 fully saturated rings. The molecule has 0 atom stereocenters. The van der Waals surface area contributed by atoms with Crippen LogP contribution in [0.4, 0.5) is 5.69 Å². The van der Waals surface area contributed by atoms with Gasteiger partial charge in [0.2, 0.25) is 5.91 Å². The highest BCUT2D eigenvalue weighted by Crippen LogP contribution is 2.28. The minimum Gasteiger partial charge on any atom is -0.495 e. The molecule has 2 aromatic carbocycles. The van der Waals surface area contributed by atoms with Gasteiger partial charge in [0.05, 0.1) is 23.6 Å². The lowest BCUT2D eigenvalue weighted by Gasteiger charge is -2.11. The molecule has 0 radical (unpaired) electrons. The van der Waals surface area contributed by atoms with Crippen molar-refractivity contribution in [2.24, 2.45) is 0 Å². The average molecular weight is 322 g/mol. The van der Waals surface area contributed by atoms with Crippen LogP contribution in [0, 0.1) is 6.92 Å². The summed E-state index contributed by atoms with van der Waals surface area (Å²) in [6.07, 6.45) is 0. The predicted molar refractivity (Wildman–Crippen MR) is 88.5 cm³/mol. The maximum atomic E-state index is 12.0. The number of hydrogen-bond donors (Lipinski definition) is 1. The molecule has 2 rings (SSSR count). The number of methoxy groups -OCH3 is 1. The summed E-state index contributed by atoms with van der Waals surface area (Å²) in [5.41, 5.74) is 1.74. The Morgan fingerprint density at radius 3 is 2.76 bits per heavy atom. The molecule has 0 heterocycles. The lowest BCUT2D eigenvalue weighted by atomic mass is 10.2. The van der Waals surface area contributed by atoms with Crippen LogP contribution in [0.5, 0.6) is 5.75 Å². The van der Waals surface area contributed by atoms with Gasteiger partial charge in [-0.25, -0.2) is 0 Å². The number of aryl methyl sites for hydroxylation is 1. The third-order valence-electron chi connectivity index (χ3n) is 2.82. The van der Waals surface area contributed by atoms with Crippen molar-refractivity contribution >= 4 is 35.0 Å². The fraction of sp³-hybridized carbons (Fsp3) is 0.188. The molecule has 3 nitrogen and oxygen atoms in total. The van der Waals surface area contributed by atoms with Gasteiger partial charge in [-0.2, -0.15) is 0 Å². The van der Waals surface area contributed by atoms with E-state index in [1.807, 2.05) is 49.4 Å². The molecule has 0 aliphatic carbocycles. The number of benzene rings is 2. The third kappa shape index (κ3) is 4.41. The van der Waals surface area contributed by atoms with E-state index >= 15 is 0 Å². The molecule has 0 spiro atoms. The van der Waals surface area contributed by atoms with Crippen LogP contribution in [0.1, 0.15) is 5.56 Å². The van der Waals surface area contributed by atoms with Crippen LogP contribution in [0.25, 0.3) is 0 Å². The predicted octanol–water partition coefficient (Wildman–Crippen LogP) is 4.39. The number of ether oxygens (including phenoxy) is 1. The monoisotopic (exact) mass is 321 g/mol. The fourth-order valence-electron chi connectivity index (χ4n) is 1.81. The summed E-state index contributed by atoms with van der Waals surface area (Å²) in [5, 5.41) is 3.52. The van der Waals surface area contributed by atoms with Gasteiger partial charge in [-0.1, -0.05) is 29.8 Å². The Morgan fingerprint density at radius 2 is 2.05 bits per heavy atom. The molecule has 21 heavy (non-hydrogen) atoms. The summed E-state index contributed by atoms with van der Waals surface area (Å²) in [4.78, 5) is 12.9. The van der Waals surface area contributed by atoms with Gasteiger partial charge in [-0.3, -0.25) is 4.79 Å². The van der Waals surface area contributed by atoms with E-state index in [1.54, 1.807) is 7.11 Å². The second-order valence-corrected chi connectivity index (χ2v) is 5.90. The molecule has 0 aliphatic heterocycles. The zero-order valence-electron chi connectivity index (χ0n) is 11.9. The molecular formula is C16H16ClNO2S. The summed E-state index contributed by atoms with van der Waals surface area (Å²) in [6.45, 7) is 1.97. The largest absolute Gasteiger partial charge is 0.495 e. The van der Waals surface area contributed by atoms with Crippen LogP contribution >= 0.6 is 23.4 Å². The highest BCUT2D eigenvalue weighted by molar-refractivity contribution is 8.00. The number of hydrogen-bond acceptors (Lipinski definition) is 3. The van der Waals surface area contributed by atoms with E-state index in [-0.39, 0.29) is 5.91 Å². The summed E-state index contributed by atoms with van der Waals surface area (Å²) < 4.78 is 5.24. The molecule has 0 bridgehead atoms. The van der Waals surface area contributed by atoms with Gasteiger partial charge in [0, 0.05) is 4.90 Å². The van der Waals surface area contributed by atoms with E-state index in [1.165, 1.54) is 11.8 Å². The smallest absolute Gasteiger partial charge is 0.234 e. The molecule has 0 aromatic heterocycles. The highest BCUT2D eigenvalue weighted by Gasteiger charge is 2.09. The molecule has 0 aliphatic rings. The standard InChI is InChI=1S/C16H16ClNO2S/c1-11-7-8-14(20-2)13(9-11)18-16(19)10-21-15-6-4-3-5-12(15)17/h3-9H,10H2,1-2H3,(H,18,19). The second-order valence-electron chi connectivity index (χ2n) is 4.47. The van der Waals surface area contributed by atoms with Crippen molar-refractivity contribution in [1.29, 1.82) is 0 Å². The number of nitrogens with one attached hydrogen (secondary N) is 1. The first-order chi connectivity index (χ1) is 10.1. The fourth-order valence-corrected chi connectivity index (χ4v) is 2.85. The summed E-state index contributed by atoms with van der Waals surface area (Å²) in [6, 6.07) is 13.1. The molecular weight excluding hydrogens is 306 g/mol. The molecule has 0 saturated carbocycles. The van der Waals surface area contributed by atoms with E-state index in [0.29, 0.717) is 22.2 Å². The second kappa shape index (κ2) is 7.38. The summed E-state index contributed by atoms with van der Waals surface area (Å²) in [5.74, 6) is 0.849. The van der Waals surface area contributed by atoms with Crippen LogP contribution in [0.15, 0.2) is 47.4 Å². The minimum absolute atomic E-state index is 0.0937. The van der Waals surface area contributed by atoms with Crippen LogP contribution < -0.4 is 10.1 Å². The van der Waals surface area contributed by atoms with Gasteiger partial charge in [0.1, 0.15) is 5.75 Å². The number of amides is 1. The minimum atomic E-state index is -0.0937. The molecule has 110 valence electrons. The van der Waals surface area contributed by atoms with E-state index in [9.17, 15) is 4.79 Å². The van der Waals surface area contributed by atoms with Gasteiger partial charge in [-0.15, -0.1) is 11.8 Å². The quantitative estimate of drug-likeness (QED) is 0.830. The Morgan fingerprint density at radius 1 is 1.29 bits per heavy atom. The molecule has 0 saturated heterocycles. The van der Waals surface area contributed by atoms with E-state index in [0.717, 1.165) is 10.5 Å². The van der Waals surface area contributed by atoms with Crippen molar-refractivity contribution in [3.05, 3.63) is 53.1 Å². The van der Waals surface area contributed by atoms with Gasteiger partial charge in [-0.05, 0) is 36.8 Å². The van der Waals surface area contributed by atoms with Crippen molar-refractivity contribution in [3.63, 3.8) is 0 Å².